The van der Waals surface area contributed by atoms with Crippen LogP contribution in [0.3, 0.4) is 0 Å². The Hall–Kier alpha value is -5.30. The van der Waals surface area contributed by atoms with E-state index in [1.54, 1.807) is 54.6 Å². The summed E-state index contributed by atoms with van der Waals surface area (Å²) in [5, 5.41) is 8.64. The van der Waals surface area contributed by atoms with Crippen LogP contribution in [0.4, 0.5) is 28.8 Å². The monoisotopic (exact) mass is 545 g/mol. The highest BCUT2D eigenvalue weighted by Gasteiger charge is 2.17. The van der Waals surface area contributed by atoms with Crippen molar-refractivity contribution in [3.05, 3.63) is 91.4 Å². The molecule has 198 valence electrons. The number of carbonyl (C=O) groups excluding carboxylic acids is 2. The Bertz CT molecular complexity index is 1660. The Morgan fingerprint density at radius 3 is 2.38 bits per heavy atom. The number of rotatable bonds is 10. The number of hydrogen-bond acceptors (Lipinski definition) is 10. The highest BCUT2D eigenvalue weighted by Crippen LogP contribution is 2.28. The molecule has 4 aromatic rings. The van der Waals surface area contributed by atoms with E-state index in [2.05, 4.69) is 37.5 Å². The van der Waals surface area contributed by atoms with Gasteiger partial charge in [0.1, 0.15) is 22.1 Å². The molecule has 0 spiro atoms. The van der Waals surface area contributed by atoms with Crippen molar-refractivity contribution in [1.29, 1.82) is 0 Å². The summed E-state index contributed by atoms with van der Waals surface area (Å²) < 4.78 is 30.5. The summed E-state index contributed by atoms with van der Waals surface area (Å²) in [6.07, 6.45) is 4.82. The Labute approximate surface area is 223 Å². The van der Waals surface area contributed by atoms with Gasteiger partial charge >= 0.3 is 0 Å². The van der Waals surface area contributed by atoms with E-state index in [0.29, 0.717) is 28.6 Å². The van der Waals surface area contributed by atoms with Gasteiger partial charge in [0.05, 0.1) is 6.20 Å². The molecule has 0 aliphatic heterocycles. The number of hydrogen-bond donors (Lipinski definition) is 4. The molecule has 0 saturated carbocycles. The molecule has 0 radical (unpaired) electrons. The smallest absolute Gasteiger partial charge is 0.267 e. The van der Waals surface area contributed by atoms with Crippen molar-refractivity contribution >= 4 is 50.5 Å². The third-order valence-corrected chi connectivity index (χ3v) is 6.16. The number of anilines is 5. The SMILES string of the molecule is C=CC(=O)Nc1cccc(Nc2nc(Nc3ccc(Oc4ccnc(C(N)=O)c4)cc3)ncc2S(C)(=O)=O)c1. The van der Waals surface area contributed by atoms with E-state index in [9.17, 15) is 18.0 Å². The second-order valence-electron chi connectivity index (χ2n) is 8.07. The van der Waals surface area contributed by atoms with Crippen molar-refractivity contribution < 1.29 is 22.7 Å². The largest absolute Gasteiger partial charge is 0.457 e. The molecule has 4 rings (SSSR count). The second kappa shape index (κ2) is 11.4. The first kappa shape index (κ1) is 26.8. The van der Waals surface area contributed by atoms with Gasteiger partial charge in [-0.2, -0.15) is 4.98 Å². The summed E-state index contributed by atoms with van der Waals surface area (Å²) in [5.74, 6) is 0.0115. The van der Waals surface area contributed by atoms with Crippen LogP contribution in [0.1, 0.15) is 10.5 Å². The predicted octanol–water partition coefficient (Wildman–Crippen LogP) is 3.78. The molecule has 39 heavy (non-hydrogen) atoms. The van der Waals surface area contributed by atoms with Gasteiger partial charge in [-0.3, -0.25) is 14.6 Å². The van der Waals surface area contributed by atoms with E-state index in [0.717, 1.165) is 12.3 Å². The molecule has 2 heterocycles. The molecule has 0 atom stereocenters. The number of aromatic nitrogens is 3. The maximum Gasteiger partial charge on any atom is 0.267 e. The Morgan fingerprint density at radius 2 is 1.69 bits per heavy atom. The topological polar surface area (TPSA) is 178 Å². The molecule has 2 aromatic carbocycles. The van der Waals surface area contributed by atoms with Crippen LogP contribution in [0.15, 0.2) is 90.6 Å². The molecule has 0 bridgehead atoms. The van der Waals surface area contributed by atoms with Crippen LogP contribution in [0.2, 0.25) is 0 Å². The predicted molar refractivity (Wildman–Crippen MR) is 146 cm³/mol. The number of carbonyl (C=O) groups is 2. The quantitative estimate of drug-likeness (QED) is 0.214. The Kier molecular flexibility index (Phi) is 7.82. The van der Waals surface area contributed by atoms with E-state index in [-0.39, 0.29) is 28.3 Å². The Balaban J connectivity index is 1.53. The summed E-state index contributed by atoms with van der Waals surface area (Å²) >= 11 is 0. The fourth-order valence-electron chi connectivity index (χ4n) is 3.28. The van der Waals surface area contributed by atoms with Crippen LogP contribution in [0.25, 0.3) is 0 Å². The number of ether oxygens (including phenoxy) is 1. The number of nitrogens with one attached hydrogen (secondary N) is 3. The lowest BCUT2D eigenvalue weighted by molar-refractivity contribution is -0.111. The first-order valence-electron chi connectivity index (χ1n) is 11.3. The van der Waals surface area contributed by atoms with E-state index >= 15 is 0 Å². The molecule has 0 aliphatic carbocycles. The third-order valence-electron chi connectivity index (χ3n) is 5.06. The number of benzene rings is 2. The molecule has 2 amide bonds. The van der Waals surface area contributed by atoms with Crippen molar-refractivity contribution in [2.75, 3.05) is 22.2 Å². The minimum atomic E-state index is -3.67. The van der Waals surface area contributed by atoms with E-state index in [4.69, 9.17) is 10.5 Å². The Morgan fingerprint density at radius 1 is 0.949 bits per heavy atom. The first-order chi connectivity index (χ1) is 18.6. The van der Waals surface area contributed by atoms with Crippen LogP contribution in [-0.2, 0) is 14.6 Å². The third kappa shape index (κ3) is 7.14. The lowest BCUT2D eigenvalue weighted by Gasteiger charge is -2.13. The number of primary amides is 1. The number of amides is 2. The summed E-state index contributed by atoms with van der Waals surface area (Å²) in [7, 11) is -3.67. The number of pyridine rings is 1. The van der Waals surface area contributed by atoms with Gasteiger partial charge in [0.15, 0.2) is 15.7 Å². The fraction of sp³-hybridized carbons (Fsp3) is 0.0385. The molecule has 12 nitrogen and oxygen atoms in total. The highest BCUT2D eigenvalue weighted by atomic mass is 32.2. The van der Waals surface area contributed by atoms with Crippen LogP contribution < -0.4 is 26.4 Å². The van der Waals surface area contributed by atoms with Crippen molar-refractivity contribution in [3.63, 3.8) is 0 Å². The standard InChI is InChI=1S/C26H23N7O5S/c1-3-23(34)30-17-5-4-6-18(13-17)31-25-22(39(2,36)37)15-29-26(33-25)32-16-7-9-19(10-8-16)38-20-11-12-28-21(14-20)24(27)35/h3-15H,1H2,2H3,(H2,27,35)(H,30,34)(H2,29,31,32,33). The van der Waals surface area contributed by atoms with Gasteiger partial charge in [0, 0.05) is 35.6 Å². The molecule has 5 N–H and O–H groups in total. The van der Waals surface area contributed by atoms with E-state index < -0.39 is 15.7 Å². The minimum absolute atomic E-state index is 0.0464. The summed E-state index contributed by atoms with van der Waals surface area (Å²) in [4.78, 5) is 35.2. The molecule has 2 aromatic heterocycles. The van der Waals surface area contributed by atoms with Gasteiger partial charge in [0.2, 0.25) is 11.9 Å². The maximum absolute atomic E-state index is 12.4. The number of sulfone groups is 1. The molecule has 13 heteroatoms. The van der Waals surface area contributed by atoms with Gasteiger partial charge < -0.3 is 26.4 Å². The van der Waals surface area contributed by atoms with Gasteiger partial charge in [0.25, 0.3) is 5.91 Å². The highest BCUT2D eigenvalue weighted by molar-refractivity contribution is 7.90. The normalized spacial score (nSPS) is 10.8. The van der Waals surface area contributed by atoms with Gasteiger partial charge in [-0.25, -0.2) is 13.4 Å². The fourth-order valence-corrected chi connectivity index (χ4v) is 3.97. The van der Waals surface area contributed by atoms with Gasteiger partial charge in [-0.05, 0) is 54.6 Å². The second-order valence-corrected chi connectivity index (χ2v) is 10.1. The molecular weight excluding hydrogens is 522 g/mol. The lowest BCUT2D eigenvalue weighted by Crippen LogP contribution is -2.12. The van der Waals surface area contributed by atoms with Crippen LogP contribution >= 0.6 is 0 Å². The van der Waals surface area contributed by atoms with E-state index in [1.807, 2.05) is 0 Å². The van der Waals surface area contributed by atoms with Gasteiger partial charge in [-0.1, -0.05) is 12.6 Å². The first-order valence-corrected chi connectivity index (χ1v) is 13.2. The summed E-state index contributed by atoms with van der Waals surface area (Å²) in [6.45, 7) is 3.42. The van der Waals surface area contributed by atoms with Crippen LogP contribution in [0, 0.1) is 0 Å². The van der Waals surface area contributed by atoms with Crippen LogP contribution in [0.5, 0.6) is 11.5 Å². The van der Waals surface area contributed by atoms with E-state index in [1.165, 1.54) is 18.5 Å². The number of nitrogens with two attached hydrogens (primary N) is 1. The van der Waals surface area contributed by atoms with Crippen molar-refractivity contribution in [3.8, 4) is 11.5 Å². The van der Waals surface area contributed by atoms with Gasteiger partial charge in [-0.15, -0.1) is 0 Å². The zero-order valence-electron chi connectivity index (χ0n) is 20.6. The van der Waals surface area contributed by atoms with Crippen molar-refractivity contribution in [1.82, 2.24) is 15.0 Å². The average Bonchev–Trinajstić information content (AvgIpc) is 2.89. The molecular formula is C26H23N7O5S. The lowest BCUT2D eigenvalue weighted by atomic mass is 10.2. The zero-order chi connectivity index (χ0) is 28.0. The molecule has 0 unspecified atom stereocenters. The maximum atomic E-state index is 12.4. The number of nitrogens with zero attached hydrogens (tertiary/aromatic N) is 3. The minimum Gasteiger partial charge on any atom is -0.457 e. The zero-order valence-corrected chi connectivity index (χ0v) is 21.4. The summed E-state index contributed by atoms with van der Waals surface area (Å²) in [5.41, 5.74) is 6.91. The van der Waals surface area contributed by atoms with Crippen molar-refractivity contribution in [2.24, 2.45) is 5.73 Å². The molecule has 0 aliphatic rings. The van der Waals surface area contributed by atoms with Crippen molar-refractivity contribution in [2.45, 2.75) is 4.90 Å². The molecule has 0 saturated heterocycles. The average molecular weight is 546 g/mol. The summed E-state index contributed by atoms with van der Waals surface area (Å²) in [6, 6.07) is 16.5. The van der Waals surface area contributed by atoms with Crippen LogP contribution in [-0.4, -0.2) is 41.4 Å². The molecule has 0 fully saturated rings.